The van der Waals surface area contributed by atoms with E-state index in [1.165, 1.54) is 14.0 Å². The smallest absolute Gasteiger partial charge is 0.337 e. The van der Waals surface area contributed by atoms with Gasteiger partial charge in [-0.05, 0) is 61.5 Å². The molecular formula is C20H18N4O3. The molecule has 2 N–H and O–H groups in total. The fraction of sp³-hybridized carbons (Fsp3) is 0.100. The van der Waals surface area contributed by atoms with E-state index in [2.05, 4.69) is 25.3 Å². The van der Waals surface area contributed by atoms with Gasteiger partial charge in [-0.25, -0.2) is 9.78 Å². The molecule has 3 aromatic rings. The van der Waals surface area contributed by atoms with E-state index < -0.39 is 0 Å². The molecule has 0 radical (unpaired) electrons. The molecule has 1 aromatic heterocycles. The summed E-state index contributed by atoms with van der Waals surface area (Å²) in [6, 6.07) is 15.7. The maximum atomic E-state index is 11.5. The number of benzene rings is 2. The number of ether oxygens (including phenoxy) is 1. The van der Waals surface area contributed by atoms with Crippen molar-refractivity contribution in [3.05, 3.63) is 71.9 Å². The van der Waals surface area contributed by atoms with Crippen LogP contribution < -0.4 is 10.6 Å². The van der Waals surface area contributed by atoms with Crippen LogP contribution in [0, 0.1) is 0 Å². The molecule has 3 rings (SSSR count). The van der Waals surface area contributed by atoms with Crippen LogP contribution in [0.4, 0.5) is 23.1 Å². The van der Waals surface area contributed by atoms with Gasteiger partial charge in [0.2, 0.25) is 5.95 Å². The zero-order chi connectivity index (χ0) is 19.2. The van der Waals surface area contributed by atoms with Crippen molar-refractivity contribution in [1.82, 2.24) is 9.97 Å². The highest BCUT2D eigenvalue weighted by molar-refractivity contribution is 5.94. The minimum atomic E-state index is -0.389. The van der Waals surface area contributed by atoms with Crippen molar-refractivity contribution in [2.75, 3.05) is 17.7 Å². The number of methoxy groups -OCH3 is 1. The first kappa shape index (κ1) is 18.1. The second-order valence-corrected chi connectivity index (χ2v) is 5.72. The Morgan fingerprint density at radius 1 is 0.852 bits per heavy atom. The summed E-state index contributed by atoms with van der Waals surface area (Å²) >= 11 is 0. The first-order valence-electron chi connectivity index (χ1n) is 8.21. The van der Waals surface area contributed by atoms with Crippen molar-refractivity contribution in [3.63, 3.8) is 0 Å². The number of carbonyl (C=O) groups excluding carboxylic acids is 2. The predicted octanol–water partition coefficient (Wildman–Crippen LogP) is 3.95. The number of hydrogen-bond donors (Lipinski definition) is 2. The monoisotopic (exact) mass is 362 g/mol. The van der Waals surface area contributed by atoms with Gasteiger partial charge in [-0.1, -0.05) is 0 Å². The van der Waals surface area contributed by atoms with Gasteiger partial charge < -0.3 is 15.4 Å². The third-order valence-electron chi connectivity index (χ3n) is 3.78. The van der Waals surface area contributed by atoms with Crippen molar-refractivity contribution in [2.24, 2.45) is 0 Å². The van der Waals surface area contributed by atoms with Crippen LogP contribution in [0.5, 0.6) is 0 Å². The minimum absolute atomic E-state index is 0.0216. The van der Waals surface area contributed by atoms with Crippen molar-refractivity contribution >= 4 is 34.9 Å². The van der Waals surface area contributed by atoms with Crippen LogP contribution in [0.2, 0.25) is 0 Å². The largest absolute Gasteiger partial charge is 0.465 e. The van der Waals surface area contributed by atoms with Gasteiger partial charge in [-0.3, -0.25) is 4.79 Å². The number of nitrogens with zero attached hydrogens (tertiary/aromatic N) is 2. The van der Waals surface area contributed by atoms with E-state index in [4.69, 9.17) is 0 Å². The Hall–Kier alpha value is -3.74. The predicted molar refractivity (Wildman–Crippen MR) is 103 cm³/mol. The van der Waals surface area contributed by atoms with E-state index in [1.807, 2.05) is 12.1 Å². The zero-order valence-corrected chi connectivity index (χ0v) is 14.9. The molecule has 27 heavy (non-hydrogen) atoms. The fourth-order valence-electron chi connectivity index (χ4n) is 2.36. The summed E-state index contributed by atoms with van der Waals surface area (Å²) in [6.07, 6.45) is 1.63. The van der Waals surface area contributed by atoms with E-state index in [0.717, 1.165) is 11.4 Å². The molecule has 0 spiro atoms. The van der Waals surface area contributed by atoms with Crippen LogP contribution in [-0.2, 0) is 4.74 Å². The van der Waals surface area contributed by atoms with Gasteiger partial charge in [0, 0.05) is 23.1 Å². The van der Waals surface area contributed by atoms with Crippen LogP contribution >= 0.6 is 0 Å². The third kappa shape index (κ3) is 4.66. The van der Waals surface area contributed by atoms with Gasteiger partial charge in [0.05, 0.1) is 12.7 Å². The summed E-state index contributed by atoms with van der Waals surface area (Å²) in [4.78, 5) is 31.4. The number of anilines is 4. The molecule has 7 heteroatoms. The molecule has 2 aromatic carbocycles. The van der Waals surface area contributed by atoms with Gasteiger partial charge in [0.25, 0.3) is 0 Å². The molecule has 0 unspecified atom stereocenters. The Morgan fingerprint density at radius 3 is 2.04 bits per heavy atom. The highest BCUT2D eigenvalue weighted by Gasteiger charge is 2.06. The number of esters is 1. The average Bonchev–Trinajstić information content (AvgIpc) is 2.68. The molecule has 0 amide bonds. The van der Waals surface area contributed by atoms with Crippen LogP contribution in [0.15, 0.2) is 60.8 Å². The topological polar surface area (TPSA) is 93.2 Å². The molecule has 0 aliphatic carbocycles. The zero-order valence-electron chi connectivity index (χ0n) is 14.9. The molecule has 0 aliphatic rings. The average molecular weight is 362 g/mol. The Bertz CT molecular complexity index is 954. The molecule has 0 fully saturated rings. The van der Waals surface area contributed by atoms with Crippen molar-refractivity contribution in [3.8, 4) is 0 Å². The number of ketones is 1. The molecule has 136 valence electrons. The number of hydrogen-bond acceptors (Lipinski definition) is 7. The summed E-state index contributed by atoms with van der Waals surface area (Å²) in [7, 11) is 1.34. The third-order valence-corrected chi connectivity index (χ3v) is 3.78. The number of nitrogens with one attached hydrogen (secondary N) is 2. The van der Waals surface area contributed by atoms with Gasteiger partial charge in [-0.15, -0.1) is 0 Å². The van der Waals surface area contributed by atoms with Crippen LogP contribution in [0.25, 0.3) is 0 Å². The summed E-state index contributed by atoms with van der Waals surface area (Å²) in [5, 5.41) is 6.24. The second kappa shape index (κ2) is 8.09. The minimum Gasteiger partial charge on any atom is -0.465 e. The standard InChI is InChI=1S/C20H18N4O3/c1-13(25)14-3-7-16(8-4-14)22-18-11-12-21-20(24-18)23-17-9-5-15(6-10-17)19(26)27-2/h3-12H,1-2H3,(H2,21,22,23,24). The van der Waals surface area contributed by atoms with E-state index >= 15 is 0 Å². The number of Topliss-reactive ketones (excluding diaryl/α,β-unsaturated/α-hetero) is 1. The van der Waals surface area contributed by atoms with E-state index in [1.54, 1.807) is 48.7 Å². The maximum absolute atomic E-state index is 11.5. The van der Waals surface area contributed by atoms with Gasteiger partial charge in [0.15, 0.2) is 5.78 Å². The summed E-state index contributed by atoms with van der Waals surface area (Å²) in [6.45, 7) is 1.53. The second-order valence-electron chi connectivity index (χ2n) is 5.72. The molecule has 0 atom stereocenters. The Morgan fingerprint density at radius 2 is 1.44 bits per heavy atom. The SMILES string of the molecule is COC(=O)c1ccc(Nc2nccc(Nc3ccc(C(C)=O)cc3)n2)cc1. The normalized spacial score (nSPS) is 10.1. The van der Waals surface area contributed by atoms with Crippen LogP contribution in [-0.4, -0.2) is 28.8 Å². The van der Waals surface area contributed by atoms with Crippen LogP contribution in [0.3, 0.4) is 0 Å². The summed E-state index contributed by atoms with van der Waals surface area (Å²) < 4.78 is 4.68. The van der Waals surface area contributed by atoms with Crippen LogP contribution in [0.1, 0.15) is 27.6 Å². The lowest BCUT2D eigenvalue weighted by atomic mass is 10.1. The van der Waals surface area contributed by atoms with E-state index in [-0.39, 0.29) is 11.8 Å². The van der Waals surface area contributed by atoms with E-state index in [9.17, 15) is 9.59 Å². The molecule has 0 saturated heterocycles. The first-order chi connectivity index (χ1) is 13.0. The molecular weight excluding hydrogens is 344 g/mol. The molecule has 1 heterocycles. The van der Waals surface area contributed by atoms with Crippen molar-refractivity contribution < 1.29 is 14.3 Å². The van der Waals surface area contributed by atoms with Gasteiger partial charge >= 0.3 is 5.97 Å². The highest BCUT2D eigenvalue weighted by Crippen LogP contribution is 2.19. The summed E-state index contributed by atoms with van der Waals surface area (Å²) in [5.74, 6) is 0.647. The maximum Gasteiger partial charge on any atom is 0.337 e. The highest BCUT2D eigenvalue weighted by atomic mass is 16.5. The number of aromatic nitrogens is 2. The first-order valence-corrected chi connectivity index (χ1v) is 8.21. The van der Waals surface area contributed by atoms with E-state index in [0.29, 0.717) is 22.9 Å². The molecule has 0 bridgehead atoms. The van der Waals surface area contributed by atoms with Crippen molar-refractivity contribution in [1.29, 1.82) is 0 Å². The Kier molecular flexibility index (Phi) is 5.41. The Balaban J connectivity index is 1.70. The van der Waals surface area contributed by atoms with Gasteiger partial charge in [-0.2, -0.15) is 4.98 Å². The fourth-order valence-corrected chi connectivity index (χ4v) is 2.36. The molecule has 7 nitrogen and oxygen atoms in total. The Labute approximate surface area is 156 Å². The lowest BCUT2D eigenvalue weighted by molar-refractivity contribution is 0.0600. The molecule has 0 aliphatic heterocycles. The number of rotatable bonds is 6. The number of carbonyl (C=O) groups is 2. The van der Waals surface area contributed by atoms with Gasteiger partial charge in [0.1, 0.15) is 5.82 Å². The molecule has 0 saturated carbocycles. The lowest BCUT2D eigenvalue weighted by Gasteiger charge is -2.09. The summed E-state index contributed by atoms with van der Waals surface area (Å²) in [5.41, 5.74) is 2.67. The van der Waals surface area contributed by atoms with Crippen molar-refractivity contribution in [2.45, 2.75) is 6.92 Å². The quantitative estimate of drug-likeness (QED) is 0.506. The lowest BCUT2D eigenvalue weighted by Crippen LogP contribution is -2.02.